The molecular formula is C17H22FNO4. The SMILES string of the molecule is CC(=O)N1CCC(C(=O)OCCCOc2ccc(F)cc2)CC1. The molecule has 1 aromatic rings. The van der Waals surface area contributed by atoms with Crippen molar-refractivity contribution in [1.82, 2.24) is 4.90 Å². The van der Waals surface area contributed by atoms with Gasteiger partial charge in [0.2, 0.25) is 5.91 Å². The monoisotopic (exact) mass is 323 g/mol. The zero-order valence-electron chi connectivity index (χ0n) is 13.3. The van der Waals surface area contributed by atoms with Crippen LogP contribution in [0.15, 0.2) is 24.3 Å². The van der Waals surface area contributed by atoms with Crippen LogP contribution in [0, 0.1) is 11.7 Å². The van der Waals surface area contributed by atoms with E-state index in [1.54, 1.807) is 24.0 Å². The fourth-order valence-corrected chi connectivity index (χ4v) is 2.50. The number of likely N-dealkylation sites (tertiary alicyclic amines) is 1. The average Bonchev–Trinajstić information content (AvgIpc) is 2.56. The van der Waals surface area contributed by atoms with Gasteiger partial charge in [0.15, 0.2) is 0 Å². The summed E-state index contributed by atoms with van der Waals surface area (Å²) in [5.74, 6) is 0.0183. The predicted octanol–water partition coefficient (Wildman–Crippen LogP) is 2.40. The third kappa shape index (κ3) is 5.54. The van der Waals surface area contributed by atoms with Crippen molar-refractivity contribution < 1.29 is 23.5 Å². The highest BCUT2D eigenvalue weighted by Gasteiger charge is 2.26. The summed E-state index contributed by atoms with van der Waals surface area (Å²) in [6.07, 6.45) is 1.89. The largest absolute Gasteiger partial charge is 0.493 e. The number of nitrogens with zero attached hydrogens (tertiary/aromatic N) is 1. The fourth-order valence-electron chi connectivity index (χ4n) is 2.50. The van der Waals surface area contributed by atoms with Crippen LogP contribution in [0.1, 0.15) is 26.2 Å². The first kappa shape index (κ1) is 17.2. The summed E-state index contributed by atoms with van der Waals surface area (Å²) >= 11 is 0. The summed E-state index contributed by atoms with van der Waals surface area (Å²) in [4.78, 5) is 24.9. The summed E-state index contributed by atoms with van der Waals surface area (Å²) in [7, 11) is 0. The molecule has 0 aromatic heterocycles. The van der Waals surface area contributed by atoms with Gasteiger partial charge in [-0.05, 0) is 37.1 Å². The quantitative estimate of drug-likeness (QED) is 0.596. The topological polar surface area (TPSA) is 55.8 Å². The highest BCUT2D eigenvalue weighted by atomic mass is 19.1. The van der Waals surface area contributed by atoms with Crippen LogP contribution in [0.25, 0.3) is 0 Å². The van der Waals surface area contributed by atoms with Crippen molar-refractivity contribution in [2.75, 3.05) is 26.3 Å². The summed E-state index contributed by atoms with van der Waals surface area (Å²) in [5.41, 5.74) is 0. The summed E-state index contributed by atoms with van der Waals surface area (Å²) in [6.45, 7) is 3.47. The van der Waals surface area contributed by atoms with Gasteiger partial charge < -0.3 is 14.4 Å². The van der Waals surface area contributed by atoms with Crippen molar-refractivity contribution in [3.8, 4) is 5.75 Å². The standard InChI is InChI=1S/C17H22FNO4/c1-13(20)19-9-7-14(8-10-19)17(21)23-12-2-11-22-16-5-3-15(18)4-6-16/h3-6,14H,2,7-12H2,1H3. The summed E-state index contributed by atoms with van der Waals surface area (Å²) < 4.78 is 23.4. The number of benzene rings is 1. The lowest BCUT2D eigenvalue weighted by Crippen LogP contribution is -2.39. The number of amides is 1. The third-order valence-electron chi connectivity index (χ3n) is 3.89. The van der Waals surface area contributed by atoms with Gasteiger partial charge in [-0.3, -0.25) is 9.59 Å². The van der Waals surface area contributed by atoms with E-state index in [2.05, 4.69) is 0 Å². The minimum Gasteiger partial charge on any atom is -0.493 e. The predicted molar refractivity (Wildman–Crippen MR) is 82.4 cm³/mol. The number of piperidine rings is 1. The van der Waals surface area contributed by atoms with Crippen molar-refractivity contribution in [2.24, 2.45) is 5.92 Å². The normalized spacial score (nSPS) is 15.3. The third-order valence-corrected chi connectivity index (χ3v) is 3.89. The van der Waals surface area contributed by atoms with E-state index in [0.29, 0.717) is 51.3 Å². The van der Waals surface area contributed by atoms with E-state index in [1.807, 2.05) is 0 Å². The maximum Gasteiger partial charge on any atom is 0.309 e. The van der Waals surface area contributed by atoms with Crippen LogP contribution >= 0.6 is 0 Å². The molecule has 0 aliphatic carbocycles. The summed E-state index contributed by atoms with van der Waals surface area (Å²) in [5, 5.41) is 0. The van der Waals surface area contributed by atoms with Gasteiger partial charge in [-0.1, -0.05) is 0 Å². The molecule has 6 heteroatoms. The van der Waals surface area contributed by atoms with E-state index in [4.69, 9.17) is 9.47 Å². The van der Waals surface area contributed by atoms with E-state index in [0.717, 1.165) is 0 Å². The Morgan fingerprint density at radius 3 is 2.43 bits per heavy atom. The van der Waals surface area contributed by atoms with Crippen LogP contribution in [0.5, 0.6) is 5.75 Å². The van der Waals surface area contributed by atoms with Gasteiger partial charge in [-0.25, -0.2) is 4.39 Å². The Hall–Kier alpha value is -2.11. The highest BCUT2D eigenvalue weighted by Crippen LogP contribution is 2.18. The molecule has 0 saturated carbocycles. The number of hydrogen-bond acceptors (Lipinski definition) is 4. The molecule has 1 aliphatic heterocycles. The second-order valence-corrected chi connectivity index (χ2v) is 5.60. The Balaban J connectivity index is 1.58. The molecule has 0 atom stereocenters. The van der Waals surface area contributed by atoms with Crippen molar-refractivity contribution in [2.45, 2.75) is 26.2 Å². The lowest BCUT2D eigenvalue weighted by atomic mass is 9.97. The second-order valence-electron chi connectivity index (χ2n) is 5.60. The molecule has 126 valence electrons. The molecule has 1 aromatic carbocycles. The second kappa shape index (κ2) is 8.50. The van der Waals surface area contributed by atoms with Gasteiger partial charge in [0, 0.05) is 26.4 Å². The minimum absolute atomic E-state index is 0.0507. The molecule has 1 saturated heterocycles. The summed E-state index contributed by atoms with van der Waals surface area (Å²) in [6, 6.07) is 5.79. The number of esters is 1. The van der Waals surface area contributed by atoms with Gasteiger partial charge >= 0.3 is 5.97 Å². The molecule has 0 N–H and O–H groups in total. The molecule has 0 radical (unpaired) electrons. The number of rotatable bonds is 6. The lowest BCUT2D eigenvalue weighted by molar-refractivity contribution is -0.151. The number of carbonyl (C=O) groups excluding carboxylic acids is 2. The molecule has 1 amide bonds. The molecular weight excluding hydrogens is 301 g/mol. The Labute approximate surface area is 135 Å². The van der Waals surface area contributed by atoms with Crippen LogP contribution in [0.4, 0.5) is 4.39 Å². The molecule has 0 unspecified atom stereocenters. The van der Waals surface area contributed by atoms with Gasteiger partial charge in [-0.2, -0.15) is 0 Å². The first-order valence-corrected chi connectivity index (χ1v) is 7.87. The number of ether oxygens (including phenoxy) is 2. The molecule has 2 rings (SSSR count). The Morgan fingerprint density at radius 1 is 1.17 bits per heavy atom. The first-order valence-electron chi connectivity index (χ1n) is 7.87. The van der Waals surface area contributed by atoms with Crippen LogP contribution < -0.4 is 4.74 Å². The van der Waals surface area contributed by atoms with E-state index in [-0.39, 0.29) is 23.6 Å². The van der Waals surface area contributed by atoms with Gasteiger partial charge in [-0.15, -0.1) is 0 Å². The zero-order valence-corrected chi connectivity index (χ0v) is 13.3. The molecule has 0 bridgehead atoms. The lowest BCUT2D eigenvalue weighted by Gasteiger charge is -2.30. The number of hydrogen-bond donors (Lipinski definition) is 0. The van der Waals surface area contributed by atoms with Crippen LogP contribution in [0.2, 0.25) is 0 Å². The number of halogens is 1. The van der Waals surface area contributed by atoms with Crippen LogP contribution in [0.3, 0.4) is 0 Å². The first-order chi connectivity index (χ1) is 11.1. The molecule has 1 heterocycles. The van der Waals surface area contributed by atoms with E-state index in [1.165, 1.54) is 12.1 Å². The molecule has 1 aliphatic rings. The van der Waals surface area contributed by atoms with Gasteiger partial charge in [0.25, 0.3) is 0 Å². The van der Waals surface area contributed by atoms with Crippen molar-refractivity contribution in [3.05, 3.63) is 30.1 Å². The molecule has 23 heavy (non-hydrogen) atoms. The van der Waals surface area contributed by atoms with Crippen LogP contribution in [-0.4, -0.2) is 43.1 Å². The Kier molecular flexibility index (Phi) is 6.38. The molecule has 0 spiro atoms. The van der Waals surface area contributed by atoms with Crippen LogP contribution in [-0.2, 0) is 14.3 Å². The van der Waals surface area contributed by atoms with E-state index in [9.17, 15) is 14.0 Å². The van der Waals surface area contributed by atoms with E-state index >= 15 is 0 Å². The van der Waals surface area contributed by atoms with Crippen molar-refractivity contribution in [1.29, 1.82) is 0 Å². The maximum atomic E-state index is 12.7. The fraction of sp³-hybridized carbons (Fsp3) is 0.529. The molecule has 5 nitrogen and oxygen atoms in total. The number of carbonyl (C=O) groups is 2. The highest BCUT2D eigenvalue weighted by molar-refractivity contribution is 5.75. The maximum absolute atomic E-state index is 12.7. The zero-order chi connectivity index (χ0) is 16.7. The van der Waals surface area contributed by atoms with Gasteiger partial charge in [0.1, 0.15) is 11.6 Å². The minimum atomic E-state index is -0.304. The van der Waals surface area contributed by atoms with E-state index < -0.39 is 0 Å². The van der Waals surface area contributed by atoms with Crippen molar-refractivity contribution >= 4 is 11.9 Å². The molecule has 1 fully saturated rings. The Bertz CT molecular complexity index is 524. The van der Waals surface area contributed by atoms with Gasteiger partial charge in [0.05, 0.1) is 19.1 Å². The van der Waals surface area contributed by atoms with Crippen molar-refractivity contribution in [3.63, 3.8) is 0 Å². The average molecular weight is 323 g/mol. The Morgan fingerprint density at radius 2 is 1.83 bits per heavy atom. The smallest absolute Gasteiger partial charge is 0.309 e.